The monoisotopic (exact) mass is 540 g/mol. The fraction of sp³-hybridized carbons (Fsp3) is 1.00. The molecule has 230 valence electrons. The van der Waals surface area contributed by atoms with Crippen molar-refractivity contribution in [3.05, 3.63) is 0 Å². The van der Waals surface area contributed by atoms with Crippen molar-refractivity contribution in [2.45, 2.75) is 169 Å². The van der Waals surface area contributed by atoms with Gasteiger partial charge < -0.3 is 10.8 Å². The zero-order valence-electron chi connectivity index (χ0n) is 27.3. The van der Waals surface area contributed by atoms with E-state index in [0.29, 0.717) is 6.61 Å². The normalized spacial score (nSPS) is 20.2. The van der Waals surface area contributed by atoms with E-state index in [0.717, 1.165) is 38.0 Å². The van der Waals surface area contributed by atoms with Crippen LogP contribution in [-0.2, 0) is 0 Å². The SMILES string of the molecule is CCCCC(CC)CN1CN(CC(CC)CCCC)CC(C)(N)C1.CCCCCCCCCCCCCO. The molecule has 3 N–H and O–H groups in total. The van der Waals surface area contributed by atoms with Crippen LogP contribution in [0.4, 0.5) is 0 Å². The van der Waals surface area contributed by atoms with Crippen molar-refractivity contribution < 1.29 is 5.11 Å². The molecule has 1 aliphatic rings. The van der Waals surface area contributed by atoms with Crippen LogP contribution in [0.15, 0.2) is 0 Å². The number of nitrogens with zero attached hydrogens (tertiary/aromatic N) is 2. The third kappa shape index (κ3) is 21.6. The van der Waals surface area contributed by atoms with E-state index in [2.05, 4.69) is 51.3 Å². The number of hydrogen-bond donors (Lipinski definition) is 2. The summed E-state index contributed by atoms with van der Waals surface area (Å²) < 4.78 is 0. The number of aliphatic hydroxyl groups excluding tert-OH is 1. The number of rotatable bonds is 23. The van der Waals surface area contributed by atoms with Gasteiger partial charge in [0.25, 0.3) is 0 Å². The molecule has 1 rings (SSSR count). The molecule has 1 saturated heterocycles. The first-order valence-electron chi connectivity index (χ1n) is 17.2. The molecule has 0 aliphatic carbocycles. The zero-order chi connectivity index (χ0) is 28.5. The van der Waals surface area contributed by atoms with Gasteiger partial charge in [0.2, 0.25) is 0 Å². The van der Waals surface area contributed by atoms with Gasteiger partial charge in [-0.05, 0) is 38.0 Å². The average Bonchev–Trinajstić information content (AvgIpc) is 2.89. The number of nitrogens with two attached hydrogens (primary N) is 1. The lowest BCUT2D eigenvalue weighted by molar-refractivity contribution is 0.0182. The molecule has 0 amide bonds. The van der Waals surface area contributed by atoms with Crippen molar-refractivity contribution in [2.75, 3.05) is 39.5 Å². The van der Waals surface area contributed by atoms with E-state index in [1.54, 1.807) is 0 Å². The first-order chi connectivity index (χ1) is 18.3. The minimum atomic E-state index is -0.0651. The van der Waals surface area contributed by atoms with Gasteiger partial charge in [0.1, 0.15) is 0 Å². The summed E-state index contributed by atoms with van der Waals surface area (Å²) in [7, 11) is 0. The Morgan fingerprint density at radius 2 is 0.974 bits per heavy atom. The second-order valence-electron chi connectivity index (χ2n) is 12.9. The fourth-order valence-electron chi connectivity index (χ4n) is 6.04. The first kappa shape index (κ1) is 37.8. The summed E-state index contributed by atoms with van der Waals surface area (Å²) >= 11 is 0. The van der Waals surface area contributed by atoms with Crippen molar-refractivity contribution in [3.8, 4) is 0 Å². The van der Waals surface area contributed by atoms with Crippen molar-refractivity contribution >= 4 is 0 Å². The van der Waals surface area contributed by atoms with Gasteiger partial charge in [-0.2, -0.15) is 0 Å². The molecule has 0 aromatic heterocycles. The highest BCUT2D eigenvalue weighted by Gasteiger charge is 2.33. The summed E-state index contributed by atoms with van der Waals surface area (Å²) in [6.45, 7) is 19.9. The maximum atomic E-state index is 8.59. The molecule has 4 heteroatoms. The van der Waals surface area contributed by atoms with Crippen molar-refractivity contribution in [2.24, 2.45) is 17.6 Å². The van der Waals surface area contributed by atoms with Gasteiger partial charge >= 0.3 is 0 Å². The van der Waals surface area contributed by atoms with Crippen LogP contribution in [0.5, 0.6) is 0 Å². The van der Waals surface area contributed by atoms with E-state index >= 15 is 0 Å². The Labute approximate surface area is 240 Å². The Morgan fingerprint density at radius 1 is 0.605 bits per heavy atom. The third-order valence-electron chi connectivity index (χ3n) is 8.45. The second kappa shape index (κ2) is 25.8. The van der Waals surface area contributed by atoms with Crippen molar-refractivity contribution in [1.29, 1.82) is 0 Å². The number of unbranched alkanes of at least 4 members (excludes halogenated alkanes) is 12. The first-order valence-corrected chi connectivity index (χ1v) is 17.2. The predicted octanol–water partition coefficient (Wildman–Crippen LogP) is 9.00. The molecular formula is C34H73N3O. The van der Waals surface area contributed by atoms with Crippen LogP contribution in [0.1, 0.15) is 164 Å². The van der Waals surface area contributed by atoms with E-state index in [-0.39, 0.29) is 5.54 Å². The van der Waals surface area contributed by atoms with Gasteiger partial charge in [0.05, 0.1) is 6.67 Å². The Kier molecular flexibility index (Phi) is 25.7. The van der Waals surface area contributed by atoms with E-state index < -0.39 is 0 Å². The predicted molar refractivity (Wildman–Crippen MR) is 171 cm³/mol. The van der Waals surface area contributed by atoms with Crippen LogP contribution in [0, 0.1) is 11.8 Å². The molecule has 0 aromatic rings. The van der Waals surface area contributed by atoms with Gasteiger partial charge in [0.15, 0.2) is 0 Å². The van der Waals surface area contributed by atoms with Crippen LogP contribution in [0.2, 0.25) is 0 Å². The average molecular weight is 540 g/mol. The molecule has 1 heterocycles. The third-order valence-corrected chi connectivity index (χ3v) is 8.45. The smallest absolute Gasteiger partial charge is 0.0507 e. The summed E-state index contributed by atoms with van der Waals surface area (Å²) in [5.74, 6) is 1.67. The van der Waals surface area contributed by atoms with Crippen LogP contribution in [0.3, 0.4) is 0 Å². The zero-order valence-corrected chi connectivity index (χ0v) is 27.3. The van der Waals surface area contributed by atoms with E-state index in [1.165, 1.54) is 129 Å². The van der Waals surface area contributed by atoms with Gasteiger partial charge in [-0.1, -0.05) is 137 Å². The van der Waals surface area contributed by atoms with E-state index in [4.69, 9.17) is 10.8 Å². The second-order valence-corrected chi connectivity index (χ2v) is 12.9. The Balaban J connectivity index is 0.000000835. The Bertz CT molecular complexity index is 444. The molecule has 0 saturated carbocycles. The molecule has 1 fully saturated rings. The van der Waals surface area contributed by atoms with Crippen molar-refractivity contribution in [3.63, 3.8) is 0 Å². The van der Waals surface area contributed by atoms with Crippen molar-refractivity contribution in [1.82, 2.24) is 9.80 Å². The highest BCUT2D eigenvalue weighted by atomic mass is 16.2. The van der Waals surface area contributed by atoms with Gasteiger partial charge in [-0.25, -0.2) is 0 Å². The summed E-state index contributed by atoms with van der Waals surface area (Å²) in [5.41, 5.74) is 6.54. The quantitative estimate of drug-likeness (QED) is 0.127. The fourth-order valence-corrected chi connectivity index (χ4v) is 6.04. The molecule has 38 heavy (non-hydrogen) atoms. The summed E-state index contributed by atoms with van der Waals surface area (Å²) in [6, 6.07) is 0. The van der Waals surface area contributed by atoms with E-state index in [1.807, 2.05) is 0 Å². The molecule has 2 unspecified atom stereocenters. The van der Waals surface area contributed by atoms with E-state index in [9.17, 15) is 0 Å². The molecule has 0 aromatic carbocycles. The summed E-state index contributed by atoms with van der Waals surface area (Å²) in [5, 5.41) is 8.59. The van der Waals surface area contributed by atoms with Crippen LogP contribution in [-0.4, -0.2) is 59.9 Å². The van der Waals surface area contributed by atoms with Gasteiger partial charge in [0, 0.05) is 38.3 Å². The maximum Gasteiger partial charge on any atom is 0.0507 e. The molecule has 4 nitrogen and oxygen atoms in total. The van der Waals surface area contributed by atoms with Gasteiger partial charge in [-0.15, -0.1) is 0 Å². The largest absolute Gasteiger partial charge is 0.396 e. The van der Waals surface area contributed by atoms with Crippen LogP contribution in [0.25, 0.3) is 0 Å². The van der Waals surface area contributed by atoms with Crippen LogP contribution >= 0.6 is 0 Å². The minimum absolute atomic E-state index is 0.0651. The maximum absolute atomic E-state index is 8.59. The molecule has 1 aliphatic heterocycles. The highest BCUT2D eigenvalue weighted by molar-refractivity contribution is 4.91. The number of aliphatic hydroxyl groups is 1. The summed E-state index contributed by atoms with van der Waals surface area (Å²) in [4.78, 5) is 5.28. The lowest BCUT2D eigenvalue weighted by Gasteiger charge is -2.46. The van der Waals surface area contributed by atoms with Crippen LogP contribution < -0.4 is 5.73 Å². The lowest BCUT2D eigenvalue weighted by Crippen LogP contribution is -2.63. The Hall–Kier alpha value is -0.160. The molecule has 0 bridgehead atoms. The molecule has 2 atom stereocenters. The summed E-state index contributed by atoms with van der Waals surface area (Å²) in [6.07, 6.45) is 25.5. The Morgan fingerprint density at radius 3 is 1.32 bits per heavy atom. The lowest BCUT2D eigenvalue weighted by atomic mass is 9.94. The minimum Gasteiger partial charge on any atom is -0.396 e. The molecular weight excluding hydrogens is 466 g/mol. The van der Waals surface area contributed by atoms with Gasteiger partial charge in [-0.3, -0.25) is 9.80 Å². The molecule has 0 spiro atoms. The standard InChI is InChI=1S/C21H45N3.C13H28O/c1-6-10-12-19(8-3)14-23-16-21(5,22)17-24(18-23)15-20(9-4)13-11-7-2;1-2-3-4-5-6-7-8-9-10-11-12-13-14/h19-20H,6-18,22H2,1-5H3;14H,2-13H2,1H3. The highest BCUT2D eigenvalue weighted by Crippen LogP contribution is 2.22. The number of hydrogen-bond acceptors (Lipinski definition) is 4. The molecule has 0 radical (unpaired) electrons. The topological polar surface area (TPSA) is 52.7 Å².